The van der Waals surface area contributed by atoms with Crippen LogP contribution in [-0.4, -0.2) is 63.2 Å². The van der Waals surface area contributed by atoms with Gasteiger partial charge in [0, 0.05) is 17.5 Å². The number of rotatable bonds is 15. The van der Waals surface area contributed by atoms with Crippen molar-refractivity contribution < 1.29 is 22.7 Å². The molecule has 0 radical (unpaired) electrons. The van der Waals surface area contributed by atoms with Crippen molar-refractivity contribution >= 4 is 39.3 Å². The molecule has 0 aliphatic heterocycles. The van der Waals surface area contributed by atoms with Crippen LogP contribution in [0.3, 0.4) is 0 Å². The molecule has 3 rings (SSSR count). The van der Waals surface area contributed by atoms with Gasteiger partial charge >= 0.3 is 0 Å². The number of nitrogens with one attached hydrogen (secondary N) is 1. The second-order valence-electron chi connectivity index (χ2n) is 10.0. The maximum Gasteiger partial charge on any atom is 0.264 e. The van der Waals surface area contributed by atoms with E-state index in [4.69, 9.17) is 4.74 Å². The third-order valence-corrected chi connectivity index (χ3v) is 9.19. The first-order valence-electron chi connectivity index (χ1n) is 14.1. The summed E-state index contributed by atoms with van der Waals surface area (Å²) in [6, 6.07) is 22.0. The van der Waals surface area contributed by atoms with Gasteiger partial charge in [-0.25, -0.2) is 8.42 Å². The molecule has 0 spiro atoms. The predicted octanol–water partition coefficient (Wildman–Crippen LogP) is 5.38. The zero-order valence-electron chi connectivity index (χ0n) is 24.9. The van der Waals surface area contributed by atoms with Crippen molar-refractivity contribution in [2.75, 3.05) is 30.3 Å². The largest absolute Gasteiger partial charge is 0.494 e. The lowest BCUT2D eigenvalue weighted by molar-refractivity contribution is -0.139. The minimum Gasteiger partial charge on any atom is -0.494 e. The monoisotopic (exact) mass is 611 g/mol. The quantitative estimate of drug-likeness (QED) is 0.232. The summed E-state index contributed by atoms with van der Waals surface area (Å²) in [5.41, 5.74) is 1.34. The van der Waals surface area contributed by atoms with Gasteiger partial charge in [0.2, 0.25) is 11.8 Å². The highest BCUT2D eigenvalue weighted by Gasteiger charge is 2.33. The first kappa shape index (κ1) is 33.0. The Labute approximate surface area is 254 Å². The first-order chi connectivity index (χ1) is 20.1. The molecule has 2 amide bonds. The zero-order chi connectivity index (χ0) is 30.7. The number of anilines is 1. The third-order valence-electron chi connectivity index (χ3n) is 6.66. The normalized spacial score (nSPS) is 12.0. The van der Waals surface area contributed by atoms with E-state index < -0.39 is 28.5 Å². The predicted molar refractivity (Wildman–Crippen MR) is 170 cm³/mol. The van der Waals surface area contributed by atoms with Crippen molar-refractivity contribution in [1.82, 2.24) is 10.2 Å². The smallest absolute Gasteiger partial charge is 0.264 e. The second kappa shape index (κ2) is 15.7. The molecular formula is C32H41N3O5S2. The van der Waals surface area contributed by atoms with Gasteiger partial charge in [0.05, 0.1) is 17.2 Å². The Morgan fingerprint density at radius 3 is 2.12 bits per heavy atom. The Balaban J connectivity index is 2.02. The summed E-state index contributed by atoms with van der Waals surface area (Å²) >= 11 is 1.51. The minimum atomic E-state index is -4.14. The van der Waals surface area contributed by atoms with E-state index in [1.165, 1.54) is 16.7 Å². The highest BCUT2D eigenvalue weighted by molar-refractivity contribution is 7.98. The molecule has 226 valence electrons. The van der Waals surface area contributed by atoms with Crippen molar-refractivity contribution in [2.45, 2.75) is 62.4 Å². The van der Waals surface area contributed by atoms with E-state index in [0.717, 1.165) is 14.8 Å². The fraction of sp³-hybridized carbons (Fsp3) is 0.375. The molecule has 3 aromatic rings. The molecule has 42 heavy (non-hydrogen) atoms. The lowest BCUT2D eigenvalue weighted by atomic mass is 10.1. The molecule has 1 N–H and O–H groups in total. The van der Waals surface area contributed by atoms with Gasteiger partial charge in [-0.2, -0.15) is 0 Å². The van der Waals surface area contributed by atoms with Crippen molar-refractivity contribution in [3.63, 3.8) is 0 Å². The molecule has 1 atom stereocenters. The number of carbonyl (C=O) groups excluding carboxylic acids is 2. The number of hydrogen-bond acceptors (Lipinski definition) is 6. The maximum atomic E-state index is 14.1. The van der Waals surface area contributed by atoms with Crippen LogP contribution in [0, 0.1) is 0 Å². The number of carbonyl (C=O) groups is 2. The minimum absolute atomic E-state index is 0.0717. The van der Waals surface area contributed by atoms with Gasteiger partial charge < -0.3 is 15.0 Å². The van der Waals surface area contributed by atoms with Crippen molar-refractivity contribution in [3.05, 3.63) is 84.4 Å². The van der Waals surface area contributed by atoms with Crippen LogP contribution in [0.25, 0.3) is 0 Å². The molecule has 0 saturated carbocycles. The van der Waals surface area contributed by atoms with E-state index in [1.54, 1.807) is 48.5 Å². The van der Waals surface area contributed by atoms with E-state index in [2.05, 4.69) is 5.32 Å². The summed E-state index contributed by atoms with van der Waals surface area (Å²) in [6.45, 7) is 7.70. The summed E-state index contributed by atoms with van der Waals surface area (Å²) in [5, 5.41) is 2.92. The number of benzene rings is 3. The van der Waals surface area contributed by atoms with Crippen LogP contribution < -0.4 is 14.4 Å². The topological polar surface area (TPSA) is 96.0 Å². The standard InChI is InChI=1S/C32H41N3O5S2/c1-6-30(32(37)33-24(3)4)34(22-21-25-11-9-8-10-12-25)31(36)23-35(26-13-15-27(16-14-26)40-7-2)42(38,39)29-19-17-28(41-5)18-20-29/h8-20,24,30H,6-7,21-23H2,1-5H3,(H,33,37)/t30-/m1/s1. The average molecular weight is 612 g/mol. The Bertz CT molecular complexity index is 1400. The van der Waals surface area contributed by atoms with Crippen LogP contribution in [0.4, 0.5) is 5.69 Å². The summed E-state index contributed by atoms with van der Waals surface area (Å²) in [5.74, 6) is -0.137. The number of nitrogens with zero attached hydrogens (tertiary/aromatic N) is 2. The van der Waals surface area contributed by atoms with E-state index in [1.807, 2.05) is 64.3 Å². The third kappa shape index (κ3) is 8.75. The van der Waals surface area contributed by atoms with Gasteiger partial charge in [-0.05, 0) is 94.0 Å². The van der Waals surface area contributed by atoms with Gasteiger partial charge in [-0.1, -0.05) is 37.3 Å². The molecule has 0 saturated heterocycles. The fourth-order valence-corrected chi connectivity index (χ4v) is 6.38. The molecule has 3 aromatic carbocycles. The first-order valence-corrected chi connectivity index (χ1v) is 16.8. The molecule has 0 aliphatic carbocycles. The van der Waals surface area contributed by atoms with Crippen LogP contribution >= 0.6 is 11.8 Å². The van der Waals surface area contributed by atoms with Gasteiger partial charge in [0.25, 0.3) is 10.0 Å². The van der Waals surface area contributed by atoms with Crippen molar-refractivity contribution in [2.24, 2.45) is 0 Å². The van der Waals surface area contributed by atoms with Crippen LogP contribution in [0.2, 0.25) is 0 Å². The van der Waals surface area contributed by atoms with E-state index in [-0.39, 0.29) is 23.4 Å². The molecule has 0 unspecified atom stereocenters. The molecule has 0 aliphatic rings. The Morgan fingerprint density at radius 2 is 1.57 bits per heavy atom. The summed E-state index contributed by atoms with van der Waals surface area (Å²) < 4.78 is 34.7. The Morgan fingerprint density at radius 1 is 0.929 bits per heavy atom. The number of ether oxygens (including phenoxy) is 1. The second-order valence-corrected chi connectivity index (χ2v) is 12.8. The molecule has 0 fully saturated rings. The van der Waals surface area contributed by atoms with Crippen LogP contribution in [0.15, 0.2) is 88.7 Å². The number of thioether (sulfide) groups is 1. The summed E-state index contributed by atoms with van der Waals surface area (Å²) in [4.78, 5) is 29.8. The van der Waals surface area contributed by atoms with E-state index in [0.29, 0.717) is 30.9 Å². The highest BCUT2D eigenvalue weighted by Crippen LogP contribution is 2.28. The van der Waals surface area contributed by atoms with Crippen molar-refractivity contribution in [3.8, 4) is 5.75 Å². The highest BCUT2D eigenvalue weighted by atomic mass is 32.2. The molecular weight excluding hydrogens is 571 g/mol. The lowest BCUT2D eigenvalue weighted by Gasteiger charge is -2.33. The SMILES string of the molecule is CCOc1ccc(N(CC(=O)N(CCc2ccccc2)[C@H](CC)C(=O)NC(C)C)S(=O)(=O)c2ccc(SC)cc2)cc1. The zero-order valence-corrected chi connectivity index (χ0v) is 26.6. The number of hydrogen-bond donors (Lipinski definition) is 1. The molecule has 10 heteroatoms. The molecule has 0 heterocycles. The van der Waals surface area contributed by atoms with Gasteiger partial charge in [-0.15, -0.1) is 11.8 Å². The van der Waals surface area contributed by atoms with Gasteiger partial charge in [0.1, 0.15) is 18.3 Å². The van der Waals surface area contributed by atoms with Gasteiger partial charge in [0.15, 0.2) is 0 Å². The summed E-state index contributed by atoms with van der Waals surface area (Å²) in [7, 11) is -4.14. The van der Waals surface area contributed by atoms with Crippen LogP contribution in [-0.2, 0) is 26.0 Å². The molecule has 0 aromatic heterocycles. The molecule has 0 bridgehead atoms. The van der Waals surface area contributed by atoms with E-state index in [9.17, 15) is 18.0 Å². The van der Waals surface area contributed by atoms with Gasteiger partial charge in [-0.3, -0.25) is 13.9 Å². The number of sulfonamides is 1. The van der Waals surface area contributed by atoms with Crippen LogP contribution in [0.5, 0.6) is 5.75 Å². The van der Waals surface area contributed by atoms with E-state index >= 15 is 0 Å². The van der Waals surface area contributed by atoms with Crippen molar-refractivity contribution in [1.29, 1.82) is 0 Å². The summed E-state index contributed by atoms with van der Waals surface area (Å²) in [6.07, 6.45) is 2.81. The Kier molecular flexibility index (Phi) is 12.3. The molecule has 8 nitrogen and oxygen atoms in total. The number of amides is 2. The average Bonchev–Trinajstić information content (AvgIpc) is 2.98. The van der Waals surface area contributed by atoms with Crippen LogP contribution in [0.1, 0.15) is 39.7 Å². The fourth-order valence-electron chi connectivity index (χ4n) is 4.56. The maximum absolute atomic E-state index is 14.1. The Hall–Kier alpha value is -3.50. The lowest BCUT2D eigenvalue weighted by Crippen LogP contribution is -2.54.